The molecule has 1 spiro atoms. The van der Waals surface area contributed by atoms with Gasteiger partial charge in [0, 0.05) is 24.2 Å². The van der Waals surface area contributed by atoms with Gasteiger partial charge in [0.15, 0.2) is 11.4 Å². The van der Waals surface area contributed by atoms with Crippen LogP contribution in [0.1, 0.15) is 29.7 Å². The molecule has 3 aromatic rings. The molecule has 1 fully saturated rings. The summed E-state index contributed by atoms with van der Waals surface area (Å²) in [5, 5.41) is 10.0. The highest BCUT2D eigenvalue weighted by molar-refractivity contribution is 5.65. The standard InChI is InChI=1S/C22H21N3O2/c26-19-6-3-11-25-20(27)14-17(23-21(19)25)15-24-12-9-22(10-13-24)8-7-16-4-1-2-5-18(16)22/h1-8,11,14,26H,9-10,12-13,15H2. The van der Waals surface area contributed by atoms with E-state index in [2.05, 4.69) is 46.3 Å². The molecule has 0 atom stereocenters. The van der Waals surface area contributed by atoms with Gasteiger partial charge in [0.25, 0.3) is 5.56 Å². The minimum Gasteiger partial charge on any atom is -0.504 e. The zero-order valence-corrected chi connectivity index (χ0v) is 15.0. The Morgan fingerprint density at radius 3 is 2.78 bits per heavy atom. The molecule has 1 aromatic carbocycles. The molecule has 3 heterocycles. The molecule has 0 unspecified atom stereocenters. The second-order valence-electron chi connectivity index (χ2n) is 7.53. The molecule has 1 saturated heterocycles. The molecule has 0 amide bonds. The normalized spacial score (nSPS) is 18.2. The number of piperidine rings is 1. The van der Waals surface area contributed by atoms with Gasteiger partial charge in [-0.1, -0.05) is 36.4 Å². The Morgan fingerprint density at radius 2 is 1.93 bits per heavy atom. The van der Waals surface area contributed by atoms with Gasteiger partial charge in [-0.15, -0.1) is 0 Å². The summed E-state index contributed by atoms with van der Waals surface area (Å²) in [6, 6.07) is 13.4. The minimum atomic E-state index is -0.160. The van der Waals surface area contributed by atoms with E-state index in [9.17, 15) is 9.90 Å². The van der Waals surface area contributed by atoms with Crippen LogP contribution in [0.2, 0.25) is 0 Å². The number of benzene rings is 1. The summed E-state index contributed by atoms with van der Waals surface area (Å²) in [5.41, 5.74) is 3.80. The highest BCUT2D eigenvalue weighted by Gasteiger charge is 2.37. The van der Waals surface area contributed by atoms with E-state index in [1.54, 1.807) is 24.4 Å². The lowest BCUT2D eigenvalue weighted by Gasteiger charge is -2.39. The van der Waals surface area contributed by atoms with Crippen LogP contribution in [0.5, 0.6) is 5.75 Å². The summed E-state index contributed by atoms with van der Waals surface area (Å²) < 4.78 is 1.38. The van der Waals surface area contributed by atoms with Crippen molar-refractivity contribution in [1.82, 2.24) is 14.3 Å². The van der Waals surface area contributed by atoms with Gasteiger partial charge in [0.1, 0.15) is 0 Å². The molecular formula is C22H21N3O2. The average Bonchev–Trinajstić information content (AvgIpc) is 3.04. The number of likely N-dealkylation sites (tertiary alicyclic amines) is 1. The Hall–Kier alpha value is -2.92. The Balaban J connectivity index is 1.36. The van der Waals surface area contributed by atoms with E-state index in [0.29, 0.717) is 17.9 Å². The SMILES string of the molecule is O=c1cc(CN2CCC3(C=Cc4ccccc43)CC2)nc2c(O)cccn12. The second-order valence-corrected chi connectivity index (χ2v) is 7.53. The number of rotatable bonds is 2. The fourth-order valence-corrected chi connectivity index (χ4v) is 4.45. The summed E-state index contributed by atoms with van der Waals surface area (Å²) in [4.78, 5) is 19.2. The number of fused-ring (bicyclic) bond motifs is 3. The maximum Gasteiger partial charge on any atom is 0.258 e. The lowest BCUT2D eigenvalue weighted by molar-refractivity contribution is 0.175. The smallest absolute Gasteiger partial charge is 0.258 e. The van der Waals surface area contributed by atoms with E-state index in [0.717, 1.165) is 25.9 Å². The monoisotopic (exact) mass is 359 g/mol. The van der Waals surface area contributed by atoms with Crippen molar-refractivity contribution in [2.24, 2.45) is 0 Å². The maximum atomic E-state index is 12.3. The highest BCUT2D eigenvalue weighted by atomic mass is 16.3. The predicted molar refractivity (Wildman–Crippen MR) is 105 cm³/mol. The summed E-state index contributed by atoms with van der Waals surface area (Å²) in [7, 11) is 0. The molecule has 5 heteroatoms. The molecule has 2 aromatic heterocycles. The van der Waals surface area contributed by atoms with E-state index in [1.807, 2.05) is 0 Å². The number of hydrogen-bond donors (Lipinski definition) is 1. The van der Waals surface area contributed by atoms with Crippen LogP contribution in [0, 0.1) is 0 Å². The first-order valence-electron chi connectivity index (χ1n) is 9.36. The fourth-order valence-electron chi connectivity index (χ4n) is 4.45. The minimum absolute atomic E-state index is 0.0294. The summed E-state index contributed by atoms with van der Waals surface area (Å²) in [6.45, 7) is 2.54. The number of aromatic hydroxyl groups is 1. The van der Waals surface area contributed by atoms with Crippen LogP contribution in [0.25, 0.3) is 11.7 Å². The van der Waals surface area contributed by atoms with Gasteiger partial charge < -0.3 is 5.11 Å². The Kier molecular flexibility index (Phi) is 3.65. The van der Waals surface area contributed by atoms with Gasteiger partial charge in [0.05, 0.1) is 5.69 Å². The van der Waals surface area contributed by atoms with Gasteiger partial charge >= 0.3 is 0 Å². The molecule has 0 bridgehead atoms. The van der Waals surface area contributed by atoms with Crippen LogP contribution in [-0.4, -0.2) is 32.5 Å². The van der Waals surface area contributed by atoms with Crippen LogP contribution in [-0.2, 0) is 12.0 Å². The topological polar surface area (TPSA) is 57.8 Å². The van der Waals surface area contributed by atoms with Crippen molar-refractivity contribution in [3.63, 3.8) is 0 Å². The first-order valence-corrected chi connectivity index (χ1v) is 9.36. The zero-order valence-electron chi connectivity index (χ0n) is 15.0. The summed E-state index contributed by atoms with van der Waals surface area (Å²) in [5.74, 6) is 0.0294. The fraction of sp³-hybridized carbons (Fsp3) is 0.273. The number of aromatic nitrogens is 2. The zero-order chi connectivity index (χ0) is 18.4. The third-order valence-corrected chi connectivity index (χ3v) is 5.94. The molecule has 0 radical (unpaired) electrons. The molecule has 0 saturated carbocycles. The lowest BCUT2D eigenvalue weighted by Crippen LogP contribution is -2.40. The number of pyridine rings is 1. The van der Waals surface area contributed by atoms with Crippen LogP contribution in [0.3, 0.4) is 0 Å². The van der Waals surface area contributed by atoms with Crippen LogP contribution in [0.15, 0.2) is 59.5 Å². The molecular weight excluding hydrogens is 338 g/mol. The molecule has 1 aliphatic carbocycles. The Bertz CT molecular complexity index is 1110. The van der Waals surface area contributed by atoms with E-state index >= 15 is 0 Å². The summed E-state index contributed by atoms with van der Waals surface area (Å²) in [6.07, 6.45) is 8.38. The van der Waals surface area contributed by atoms with E-state index < -0.39 is 0 Å². The van der Waals surface area contributed by atoms with Crippen LogP contribution >= 0.6 is 0 Å². The van der Waals surface area contributed by atoms with Crippen molar-refractivity contribution in [2.75, 3.05) is 13.1 Å². The first kappa shape index (κ1) is 16.3. The van der Waals surface area contributed by atoms with Crippen molar-refractivity contribution >= 4 is 11.7 Å². The molecule has 136 valence electrons. The maximum absolute atomic E-state index is 12.3. The van der Waals surface area contributed by atoms with E-state index in [4.69, 9.17) is 0 Å². The molecule has 2 aliphatic rings. The average molecular weight is 359 g/mol. The van der Waals surface area contributed by atoms with Gasteiger partial charge in [-0.3, -0.25) is 14.1 Å². The first-order chi connectivity index (χ1) is 13.1. The van der Waals surface area contributed by atoms with Gasteiger partial charge in [-0.2, -0.15) is 0 Å². The molecule has 1 N–H and O–H groups in total. The Labute approximate surface area is 157 Å². The largest absolute Gasteiger partial charge is 0.504 e. The van der Waals surface area contributed by atoms with Gasteiger partial charge in [0.2, 0.25) is 0 Å². The van der Waals surface area contributed by atoms with Crippen LogP contribution < -0.4 is 5.56 Å². The molecule has 27 heavy (non-hydrogen) atoms. The quantitative estimate of drug-likeness (QED) is 0.764. The third-order valence-electron chi connectivity index (χ3n) is 5.94. The van der Waals surface area contributed by atoms with Crippen molar-refractivity contribution in [2.45, 2.75) is 24.8 Å². The Morgan fingerprint density at radius 1 is 1.11 bits per heavy atom. The van der Waals surface area contributed by atoms with Gasteiger partial charge in [-0.05, 0) is 49.2 Å². The highest BCUT2D eigenvalue weighted by Crippen LogP contribution is 2.43. The lowest BCUT2D eigenvalue weighted by atomic mass is 9.74. The number of nitrogens with zero attached hydrogens (tertiary/aromatic N) is 3. The molecule has 5 nitrogen and oxygen atoms in total. The van der Waals surface area contributed by atoms with Gasteiger partial charge in [-0.25, -0.2) is 4.98 Å². The second kappa shape index (κ2) is 6.06. The number of allylic oxidation sites excluding steroid dienone is 1. The van der Waals surface area contributed by atoms with E-state index in [1.165, 1.54) is 15.5 Å². The summed E-state index contributed by atoms with van der Waals surface area (Å²) >= 11 is 0. The number of hydrogen-bond acceptors (Lipinski definition) is 4. The van der Waals surface area contributed by atoms with Crippen molar-refractivity contribution in [3.8, 4) is 5.75 Å². The molecule has 5 rings (SSSR count). The van der Waals surface area contributed by atoms with Crippen molar-refractivity contribution in [3.05, 3.63) is 81.9 Å². The predicted octanol–water partition coefficient (Wildman–Crippen LogP) is 2.96. The third kappa shape index (κ3) is 2.66. The van der Waals surface area contributed by atoms with Crippen molar-refractivity contribution in [1.29, 1.82) is 0 Å². The van der Waals surface area contributed by atoms with Crippen LogP contribution in [0.4, 0.5) is 0 Å². The molecule has 1 aliphatic heterocycles. The van der Waals surface area contributed by atoms with E-state index in [-0.39, 0.29) is 16.7 Å². The van der Waals surface area contributed by atoms with Crippen molar-refractivity contribution < 1.29 is 5.11 Å².